The summed E-state index contributed by atoms with van der Waals surface area (Å²) in [7, 11) is 0. The number of hydrogen-bond acceptors (Lipinski definition) is 5. The molecule has 2 aliphatic rings. The molecule has 0 N–H and O–H groups in total. The molecule has 7 nitrogen and oxygen atoms in total. The number of imidazole rings is 1. The van der Waals surface area contributed by atoms with Gasteiger partial charge in [0.1, 0.15) is 11.5 Å². The smallest absolute Gasteiger partial charge is 0.378 e. The topological polar surface area (TPSA) is 74.3 Å². The Labute approximate surface area is 144 Å². The predicted molar refractivity (Wildman–Crippen MR) is 89.6 cm³/mol. The highest BCUT2D eigenvalue weighted by Crippen LogP contribution is 2.40. The second-order valence-electron chi connectivity index (χ2n) is 6.75. The first kappa shape index (κ1) is 14.6. The van der Waals surface area contributed by atoms with Crippen LogP contribution in [0.25, 0.3) is 5.65 Å². The summed E-state index contributed by atoms with van der Waals surface area (Å²) in [5, 5.41) is 4.28. The molecule has 25 heavy (non-hydrogen) atoms. The number of aryl methyl sites for hydroxylation is 1. The van der Waals surface area contributed by atoms with Gasteiger partial charge in [0.05, 0.1) is 18.2 Å². The second-order valence-corrected chi connectivity index (χ2v) is 6.75. The maximum absolute atomic E-state index is 11.9. The van der Waals surface area contributed by atoms with Gasteiger partial charge in [-0.2, -0.15) is 0 Å². The maximum atomic E-state index is 11.9. The van der Waals surface area contributed by atoms with Crippen molar-refractivity contribution in [2.24, 2.45) is 0 Å². The van der Waals surface area contributed by atoms with Crippen LogP contribution in [-0.2, 0) is 11.3 Å². The van der Waals surface area contributed by atoms with E-state index in [0.717, 1.165) is 36.0 Å². The molecule has 0 spiro atoms. The van der Waals surface area contributed by atoms with Gasteiger partial charge in [0, 0.05) is 18.9 Å². The molecular weight excluding hydrogens is 318 g/mol. The summed E-state index contributed by atoms with van der Waals surface area (Å²) in [6.45, 7) is 2.84. The number of nitrogens with zero attached hydrogens (tertiary/aromatic N) is 5. The number of hydrogen-bond donors (Lipinski definition) is 0. The molecule has 1 saturated carbocycles. The van der Waals surface area contributed by atoms with Gasteiger partial charge in [-0.3, -0.25) is 0 Å². The van der Waals surface area contributed by atoms with Crippen LogP contribution in [0.4, 0.5) is 0 Å². The molecule has 0 amide bonds. The van der Waals surface area contributed by atoms with Crippen molar-refractivity contribution in [1.82, 2.24) is 24.1 Å². The molecule has 1 aliphatic carbocycles. The number of carbonyl (C=O) groups is 1. The number of esters is 1. The Kier molecular flexibility index (Phi) is 3.16. The van der Waals surface area contributed by atoms with Crippen molar-refractivity contribution in [3.63, 3.8) is 0 Å². The summed E-state index contributed by atoms with van der Waals surface area (Å²) >= 11 is 0. The van der Waals surface area contributed by atoms with Gasteiger partial charge < -0.3 is 9.14 Å². The highest BCUT2D eigenvalue weighted by Gasteiger charge is 2.32. The molecule has 4 heterocycles. The van der Waals surface area contributed by atoms with Gasteiger partial charge in [-0.25, -0.2) is 19.4 Å². The molecule has 1 fully saturated rings. The Morgan fingerprint density at radius 1 is 1.24 bits per heavy atom. The third kappa shape index (κ3) is 2.42. The minimum absolute atomic E-state index is 0.0694. The standard InChI is InChI=1S/C18H19N5O2/c1-2-25-18(24)16-20-17-13(7-8-23(17)21-16)14-10-22-9-12(11-3-4-11)5-6-15(22)19-14/h5-6,9-11,13H,2-4,7-8H2,1H3. The Morgan fingerprint density at radius 3 is 2.92 bits per heavy atom. The van der Waals surface area contributed by atoms with E-state index >= 15 is 0 Å². The number of ether oxygens (including phenoxy) is 1. The van der Waals surface area contributed by atoms with Crippen molar-refractivity contribution in [3.05, 3.63) is 47.4 Å². The zero-order chi connectivity index (χ0) is 17.0. The van der Waals surface area contributed by atoms with Crippen LogP contribution in [0.5, 0.6) is 0 Å². The Bertz CT molecular complexity index is 969. The summed E-state index contributed by atoms with van der Waals surface area (Å²) in [5.41, 5.74) is 3.31. The van der Waals surface area contributed by atoms with E-state index in [2.05, 4.69) is 39.0 Å². The molecule has 128 valence electrons. The van der Waals surface area contributed by atoms with Gasteiger partial charge >= 0.3 is 5.97 Å². The first-order valence-electron chi connectivity index (χ1n) is 8.83. The lowest BCUT2D eigenvalue weighted by atomic mass is 10.0. The molecule has 0 saturated heterocycles. The maximum Gasteiger partial charge on any atom is 0.378 e. The fourth-order valence-corrected chi connectivity index (χ4v) is 3.57. The van der Waals surface area contributed by atoms with E-state index in [1.165, 1.54) is 18.4 Å². The van der Waals surface area contributed by atoms with Crippen LogP contribution in [0.2, 0.25) is 0 Å². The molecule has 0 radical (unpaired) electrons. The summed E-state index contributed by atoms with van der Waals surface area (Å²) in [4.78, 5) is 21.1. The van der Waals surface area contributed by atoms with Crippen molar-refractivity contribution in [2.75, 3.05) is 6.61 Å². The van der Waals surface area contributed by atoms with Crippen molar-refractivity contribution in [3.8, 4) is 0 Å². The fourth-order valence-electron chi connectivity index (χ4n) is 3.57. The van der Waals surface area contributed by atoms with E-state index < -0.39 is 5.97 Å². The average molecular weight is 337 g/mol. The van der Waals surface area contributed by atoms with Crippen LogP contribution in [-0.4, -0.2) is 36.7 Å². The molecule has 3 aromatic rings. The van der Waals surface area contributed by atoms with E-state index in [-0.39, 0.29) is 11.7 Å². The molecule has 7 heteroatoms. The SMILES string of the molecule is CCOC(=O)c1nc2n(n1)CCC2c1cn2cc(C3CC3)ccc2n1. The largest absolute Gasteiger partial charge is 0.460 e. The number of carbonyl (C=O) groups excluding carboxylic acids is 1. The normalized spacial score (nSPS) is 19.3. The van der Waals surface area contributed by atoms with Crippen LogP contribution in [0, 0.1) is 0 Å². The van der Waals surface area contributed by atoms with Gasteiger partial charge in [-0.15, -0.1) is 5.10 Å². The van der Waals surface area contributed by atoms with Gasteiger partial charge in [-0.1, -0.05) is 6.07 Å². The zero-order valence-electron chi connectivity index (χ0n) is 14.1. The van der Waals surface area contributed by atoms with Crippen LogP contribution >= 0.6 is 0 Å². The highest BCUT2D eigenvalue weighted by molar-refractivity contribution is 5.85. The summed E-state index contributed by atoms with van der Waals surface area (Å²) < 4.78 is 8.91. The molecule has 1 atom stereocenters. The Morgan fingerprint density at radius 2 is 2.12 bits per heavy atom. The van der Waals surface area contributed by atoms with Crippen LogP contribution in [0.3, 0.4) is 0 Å². The minimum Gasteiger partial charge on any atom is -0.460 e. The third-order valence-electron chi connectivity index (χ3n) is 5.00. The first-order valence-corrected chi connectivity index (χ1v) is 8.83. The molecule has 1 aliphatic heterocycles. The second kappa shape index (κ2) is 5.40. The van der Waals surface area contributed by atoms with E-state index in [9.17, 15) is 4.79 Å². The molecule has 5 rings (SSSR count). The number of fused-ring (bicyclic) bond motifs is 2. The molecular formula is C18H19N5O2. The number of rotatable bonds is 4. The molecule has 3 aromatic heterocycles. The van der Waals surface area contributed by atoms with Gasteiger partial charge in [0.25, 0.3) is 5.82 Å². The quantitative estimate of drug-likeness (QED) is 0.684. The highest BCUT2D eigenvalue weighted by atomic mass is 16.5. The molecule has 1 unspecified atom stereocenters. The van der Waals surface area contributed by atoms with Crippen molar-refractivity contribution in [2.45, 2.75) is 44.6 Å². The zero-order valence-corrected chi connectivity index (χ0v) is 14.1. The van der Waals surface area contributed by atoms with Crippen LogP contribution in [0.1, 0.15) is 65.7 Å². The van der Waals surface area contributed by atoms with Crippen molar-refractivity contribution in [1.29, 1.82) is 0 Å². The lowest BCUT2D eigenvalue weighted by Crippen LogP contribution is -2.08. The van der Waals surface area contributed by atoms with Crippen LogP contribution in [0.15, 0.2) is 24.5 Å². The lowest BCUT2D eigenvalue weighted by Gasteiger charge is -2.02. The van der Waals surface area contributed by atoms with Gasteiger partial charge in [0.15, 0.2) is 0 Å². The van der Waals surface area contributed by atoms with Crippen LogP contribution < -0.4 is 0 Å². The van der Waals surface area contributed by atoms with Crippen molar-refractivity contribution >= 4 is 11.6 Å². The fraction of sp³-hybridized carbons (Fsp3) is 0.444. The first-order chi connectivity index (χ1) is 12.2. The number of aromatic nitrogens is 5. The van der Waals surface area contributed by atoms with Crippen molar-refractivity contribution < 1.29 is 9.53 Å². The average Bonchev–Trinajstić information content (AvgIpc) is 3.06. The third-order valence-corrected chi connectivity index (χ3v) is 5.00. The van der Waals surface area contributed by atoms with Gasteiger partial charge in [0.2, 0.25) is 0 Å². The lowest BCUT2D eigenvalue weighted by molar-refractivity contribution is 0.0511. The van der Waals surface area contributed by atoms with E-state index in [1.54, 1.807) is 11.6 Å². The van der Waals surface area contributed by atoms with Gasteiger partial charge in [-0.05, 0) is 43.7 Å². The summed E-state index contributed by atoms with van der Waals surface area (Å²) in [6.07, 6.45) is 7.75. The Balaban J connectivity index is 1.48. The predicted octanol–water partition coefficient (Wildman–Crippen LogP) is 2.52. The molecule has 0 bridgehead atoms. The minimum atomic E-state index is -0.466. The van der Waals surface area contributed by atoms with E-state index in [1.807, 2.05) is 0 Å². The number of pyridine rings is 1. The van der Waals surface area contributed by atoms with E-state index in [0.29, 0.717) is 6.61 Å². The Hall–Kier alpha value is -2.70. The summed E-state index contributed by atoms with van der Waals surface area (Å²) in [6, 6.07) is 4.26. The molecule has 0 aromatic carbocycles. The monoisotopic (exact) mass is 337 g/mol. The van der Waals surface area contributed by atoms with E-state index in [4.69, 9.17) is 9.72 Å². The summed E-state index contributed by atoms with van der Waals surface area (Å²) in [5.74, 6) is 1.26.